The van der Waals surface area contributed by atoms with E-state index in [0.717, 1.165) is 42.6 Å². The van der Waals surface area contributed by atoms with E-state index in [-0.39, 0.29) is 17.2 Å². The maximum absolute atomic E-state index is 12.0. The summed E-state index contributed by atoms with van der Waals surface area (Å²) < 4.78 is 5.46. The van der Waals surface area contributed by atoms with Crippen molar-refractivity contribution in [3.63, 3.8) is 0 Å². The minimum Gasteiger partial charge on any atom is -0.384 e. The number of methoxy groups -OCH3 is 1. The van der Waals surface area contributed by atoms with Gasteiger partial charge in [0.05, 0.1) is 0 Å². The quantitative estimate of drug-likeness (QED) is 0.823. The van der Waals surface area contributed by atoms with Gasteiger partial charge in [0.2, 0.25) is 5.91 Å². The average Bonchev–Trinajstić information content (AvgIpc) is 2.93. The Bertz CT molecular complexity index is 534. The molecule has 0 aromatic rings. The van der Waals surface area contributed by atoms with Crippen LogP contribution in [0.5, 0.6) is 0 Å². The maximum atomic E-state index is 12.0. The maximum Gasteiger partial charge on any atom is 0.221 e. The van der Waals surface area contributed by atoms with E-state index in [4.69, 9.17) is 10.5 Å². The predicted octanol–water partition coefficient (Wildman–Crippen LogP) is 4.39. The van der Waals surface area contributed by atoms with Gasteiger partial charge in [-0.2, -0.15) is 0 Å². The lowest BCUT2D eigenvalue weighted by molar-refractivity contribution is -0.137. The summed E-state index contributed by atoms with van der Waals surface area (Å²) in [5.74, 6) is 4.20. The number of nitrogens with two attached hydrogens (primary N) is 1. The lowest BCUT2D eigenvalue weighted by atomic mass is 9.44. The topological polar surface area (TPSA) is 52.3 Å². The molecule has 8 atom stereocenters. The lowest BCUT2D eigenvalue weighted by Gasteiger charge is -2.61. The van der Waals surface area contributed by atoms with Crippen LogP contribution in [0.15, 0.2) is 0 Å². The molecule has 0 radical (unpaired) electrons. The summed E-state index contributed by atoms with van der Waals surface area (Å²) >= 11 is 0. The van der Waals surface area contributed by atoms with E-state index >= 15 is 0 Å². The number of hydrogen-bond donors (Lipinski definition) is 1. The highest BCUT2D eigenvalue weighted by Crippen LogP contribution is 2.67. The second-order valence-corrected chi connectivity index (χ2v) is 10.3. The predicted molar refractivity (Wildman–Crippen MR) is 99.8 cm³/mol. The Morgan fingerprint density at radius 1 is 1.00 bits per heavy atom. The third-order valence-corrected chi connectivity index (χ3v) is 9.52. The van der Waals surface area contributed by atoms with Gasteiger partial charge < -0.3 is 10.5 Å². The summed E-state index contributed by atoms with van der Waals surface area (Å²) in [6, 6.07) is 0. The number of carbonyl (C=O) groups is 1. The molecular weight excluding hydrogens is 310 g/mol. The first-order valence-electron chi connectivity index (χ1n) is 10.7. The summed E-state index contributed by atoms with van der Waals surface area (Å²) in [6.07, 6.45) is 11.7. The van der Waals surface area contributed by atoms with Crippen LogP contribution in [0.4, 0.5) is 0 Å². The Hall–Kier alpha value is -0.570. The molecule has 0 aromatic heterocycles. The molecule has 25 heavy (non-hydrogen) atoms. The fourth-order valence-electron chi connectivity index (χ4n) is 8.20. The largest absolute Gasteiger partial charge is 0.384 e. The SMILES string of the molecule is COCC1CCC2(C)C(CCC3C2CCC2(C)C(C(N)=O)CCC32)C1. The number of ether oxygens (including phenoxy) is 1. The first-order valence-corrected chi connectivity index (χ1v) is 10.7. The van der Waals surface area contributed by atoms with E-state index in [1.807, 2.05) is 7.11 Å². The zero-order valence-electron chi connectivity index (χ0n) is 16.4. The van der Waals surface area contributed by atoms with Crippen molar-refractivity contribution in [1.82, 2.24) is 0 Å². The van der Waals surface area contributed by atoms with Crippen molar-refractivity contribution in [3.8, 4) is 0 Å². The van der Waals surface area contributed by atoms with Gasteiger partial charge in [-0.3, -0.25) is 4.79 Å². The third-order valence-electron chi connectivity index (χ3n) is 9.52. The van der Waals surface area contributed by atoms with E-state index in [1.165, 1.54) is 51.4 Å². The summed E-state index contributed by atoms with van der Waals surface area (Å²) in [5, 5.41) is 0. The molecule has 8 unspecified atom stereocenters. The minimum absolute atomic E-state index is 0.0385. The van der Waals surface area contributed by atoms with Gasteiger partial charge in [-0.05, 0) is 98.2 Å². The number of hydrogen-bond acceptors (Lipinski definition) is 2. The Kier molecular flexibility index (Phi) is 4.46. The van der Waals surface area contributed by atoms with Crippen LogP contribution in [0.3, 0.4) is 0 Å². The van der Waals surface area contributed by atoms with E-state index < -0.39 is 0 Å². The molecule has 0 spiro atoms. The Balaban J connectivity index is 1.55. The van der Waals surface area contributed by atoms with Crippen molar-refractivity contribution in [2.45, 2.75) is 71.6 Å². The molecule has 4 aliphatic rings. The molecule has 3 heteroatoms. The molecule has 0 heterocycles. The Morgan fingerprint density at radius 3 is 2.44 bits per heavy atom. The number of amides is 1. The molecule has 3 nitrogen and oxygen atoms in total. The van der Waals surface area contributed by atoms with E-state index in [9.17, 15) is 4.79 Å². The summed E-state index contributed by atoms with van der Waals surface area (Å²) in [6.45, 7) is 5.95. The zero-order valence-corrected chi connectivity index (χ0v) is 16.4. The van der Waals surface area contributed by atoms with Gasteiger partial charge in [0.15, 0.2) is 0 Å². The van der Waals surface area contributed by atoms with Gasteiger partial charge in [0.25, 0.3) is 0 Å². The normalized spacial score (nSPS) is 52.1. The van der Waals surface area contributed by atoms with Crippen molar-refractivity contribution in [1.29, 1.82) is 0 Å². The third kappa shape index (κ3) is 2.59. The molecule has 0 aliphatic heterocycles. The van der Waals surface area contributed by atoms with Crippen LogP contribution < -0.4 is 5.73 Å². The number of rotatable bonds is 3. The van der Waals surface area contributed by atoms with Gasteiger partial charge in [-0.1, -0.05) is 13.8 Å². The Labute approximate surface area is 153 Å². The molecule has 4 aliphatic carbocycles. The molecule has 142 valence electrons. The first kappa shape index (κ1) is 17.8. The van der Waals surface area contributed by atoms with Crippen molar-refractivity contribution in [2.24, 2.45) is 52.1 Å². The average molecular weight is 348 g/mol. The van der Waals surface area contributed by atoms with E-state index in [0.29, 0.717) is 5.41 Å². The summed E-state index contributed by atoms with van der Waals surface area (Å²) in [7, 11) is 1.85. The smallest absolute Gasteiger partial charge is 0.221 e. The standard InChI is InChI=1S/C22H37NO2/c1-21-10-8-14(13-25-3)12-15(21)4-5-16-17-6-7-19(20(23)24)22(17,2)11-9-18(16)21/h14-19H,4-13H2,1-3H3,(H2,23,24). The fourth-order valence-corrected chi connectivity index (χ4v) is 8.20. The molecule has 4 rings (SSSR count). The fraction of sp³-hybridized carbons (Fsp3) is 0.955. The molecule has 0 saturated heterocycles. The highest BCUT2D eigenvalue weighted by atomic mass is 16.5. The number of carbonyl (C=O) groups excluding carboxylic acids is 1. The highest BCUT2D eigenvalue weighted by Gasteiger charge is 2.60. The molecule has 2 N–H and O–H groups in total. The van der Waals surface area contributed by atoms with Crippen LogP contribution in [-0.2, 0) is 9.53 Å². The molecule has 4 saturated carbocycles. The van der Waals surface area contributed by atoms with Crippen molar-refractivity contribution in [2.75, 3.05) is 13.7 Å². The van der Waals surface area contributed by atoms with Crippen LogP contribution in [0, 0.1) is 46.3 Å². The van der Waals surface area contributed by atoms with E-state index in [2.05, 4.69) is 13.8 Å². The van der Waals surface area contributed by atoms with Crippen LogP contribution in [-0.4, -0.2) is 19.6 Å². The van der Waals surface area contributed by atoms with Crippen molar-refractivity contribution >= 4 is 5.91 Å². The minimum atomic E-state index is -0.0385. The Morgan fingerprint density at radius 2 is 1.72 bits per heavy atom. The van der Waals surface area contributed by atoms with Crippen LogP contribution in [0.2, 0.25) is 0 Å². The second kappa shape index (κ2) is 6.25. The van der Waals surface area contributed by atoms with E-state index in [1.54, 1.807) is 0 Å². The van der Waals surface area contributed by atoms with Gasteiger partial charge in [0, 0.05) is 19.6 Å². The molecule has 0 aromatic carbocycles. The number of primary amides is 1. The summed E-state index contributed by atoms with van der Waals surface area (Å²) in [5.41, 5.74) is 6.49. The molecule has 4 fully saturated rings. The monoisotopic (exact) mass is 347 g/mol. The molecule has 0 bridgehead atoms. The van der Waals surface area contributed by atoms with Gasteiger partial charge >= 0.3 is 0 Å². The van der Waals surface area contributed by atoms with Gasteiger partial charge in [-0.15, -0.1) is 0 Å². The zero-order chi connectivity index (χ0) is 17.8. The van der Waals surface area contributed by atoms with Gasteiger partial charge in [0.1, 0.15) is 0 Å². The molecular formula is C22H37NO2. The van der Waals surface area contributed by atoms with Crippen molar-refractivity contribution < 1.29 is 9.53 Å². The van der Waals surface area contributed by atoms with Crippen molar-refractivity contribution in [3.05, 3.63) is 0 Å². The van der Waals surface area contributed by atoms with Crippen LogP contribution in [0.25, 0.3) is 0 Å². The van der Waals surface area contributed by atoms with Crippen LogP contribution in [0.1, 0.15) is 71.6 Å². The summed E-state index contributed by atoms with van der Waals surface area (Å²) in [4.78, 5) is 12.0. The molecule has 1 amide bonds. The lowest BCUT2D eigenvalue weighted by Crippen LogP contribution is -2.54. The highest BCUT2D eigenvalue weighted by molar-refractivity contribution is 5.78. The first-order chi connectivity index (χ1) is 11.9. The number of fused-ring (bicyclic) bond motifs is 5. The second-order valence-electron chi connectivity index (χ2n) is 10.3. The van der Waals surface area contributed by atoms with Gasteiger partial charge in [-0.25, -0.2) is 0 Å². The van der Waals surface area contributed by atoms with Crippen LogP contribution >= 0.6 is 0 Å².